The highest BCUT2D eigenvalue weighted by Crippen LogP contribution is 2.39. The third kappa shape index (κ3) is 4.99. The van der Waals surface area contributed by atoms with Crippen molar-refractivity contribution in [1.82, 2.24) is 9.78 Å². The number of alkyl halides is 3. The number of rotatable bonds is 5. The summed E-state index contributed by atoms with van der Waals surface area (Å²) in [6, 6.07) is 21.4. The molecule has 0 amide bonds. The summed E-state index contributed by atoms with van der Waals surface area (Å²) in [5, 5.41) is 4.88. The summed E-state index contributed by atoms with van der Waals surface area (Å²) >= 11 is 5.89. The van der Waals surface area contributed by atoms with E-state index in [2.05, 4.69) is 11.2 Å². The van der Waals surface area contributed by atoms with E-state index in [0.717, 1.165) is 31.1 Å². The van der Waals surface area contributed by atoms with Crippen LogP contribution in [-0.2, 0) is 25.6 Å². The molecule has 3 nitrogen and oxygen atoms in total. The maximum Gasteiger partial charge on any atom is 0.418 e. The molecular formula is C31H23ClF4N2O. The second-order valence-electron chi connectivity index (χ2n) is 9.67. The SMILES string of the molecule is Fc1cc(Cl)ccc1Cn1nc2c(C(F)(F)F)cccc2c1-c1ccc(Oc2cccc3c2CCCC3)cc1. The average Bonchev–Trinajstić information content (AvgIpc) is 3.28. The summed E-state index contributed by atoms with van der Waals surface area (Å²) < 4.78 is 63.8. The van der Waals surface area contributed by atoms with Crippen molar-refractivity contribution in [2.75, 3.05) is 0 Å². The zero-order valence-electron chi connectivity index (χ0n) is 20.7. The van der Waals surface area contributed by atoms with Crippen LogP contribution in [0.5, 0.6) is 11.5 Å². The fraction of sp³-hybridized carbons (Fsp3) is 0.194. The normalized spacial score (nSPS) is 13.5. The number of aromatic nitrogens is 2. The maximum absolute atomic E-state index is 14.7. The highest BCUT2D eigenvalue weighted by Gasteiger charge is 2.34. The summed E-state index contributed by atoms with van der Waals surface area (Å²) in [4.78, 5) is 0. The molecule has 1 aliphatic rings. The molecule has 1 heterocycles. The molecule has 0 bridgehead atoms. The second kappa shape index (κ2) is 10.0. The molecule has 198 valence electrons. The highest BCUT2D eigenvalue weighted by molar-refractivity contribution is 6.30. The monoisotopic (exact) mass is 550 g/mol. The van der Waals surface area contributed by atoms with Crippen LogP contribution in [0.4, 0.5) is 17.6 Å². The van der Waals surface area contributed by atoms with E-state index >= 15 is 0 Å². The van der Waals surface area contributed by atoms with Gasteiger partial charge in [0.25, 0.3) is 0 Å². The molecule has 0 radical (unpaired) electrons. The summed E-state index contributed by atoms with van der Waals surface area (Å²) in [6.07, 6.45) is -0.289. The van der Waals surface area contributed by atoms with E-state index in [9.17, 15) is 17.6 Å². The van der Waals surface area contributed by atoms with Crippen LogP contribution in [-0.4, -0.2) is 9.78 Å². The number of ether oxygens (including phenoxy) is 1. The van der Waals surface area contributed by atoms with Gasteiger partial charge < -0.3 is 4.74 Å². The number of aryl methyl sites for hydroxylation is 1. The molecule has 5 aromatic rings. The van der Waals surface area contributed by atoms with Gasteiger partial charge in [-0.3, -0.25) is 4.68 Å². The van der Waals surface area contributed by atoms with E-state index in [1.807, 2.05) is 12.1 Å². The van der Waals surface area contributed by atoms with Crippen molar-refractivity contribution in [3.63, 3.8) is 0 Å². The van der Waals surface area contributed by atoms with Crippen LogP contribution in [0.3, 0.4) is 0 Å². The lowest BCUT2D eigenvalue weighted by Crippen LogP contribution is -2.07. The van der Waals surface area contributed by atoms with E-state index in [0.29, 0.717) is 22.4 Å². The van der Waals surface area contributed by atoms with Gasteiger partial charge in [0.15, 0.2) is 0 Å². The molecule has 4 aromatic carbocycles. The summed E-state index contributed by atoms with van der Waals surface area (Å²) in [7, 11) is 0. The zero-order valence-corrected chi connectivity index (χ0v) is 21.5. The fourth-order valence-corrected chi connectivity index (χ4v) is 5.42. The molecule has 0 spiro atoms. The number of hydrogen-bond acceptors (Lipinski definition) is 2. The van der Waals surface area contributed by atoms with Gasteiger partial charge in [-0.2, -0.15) is 18.3 Å². The molecule has 0 unspecified atom stereocenters. The first-order chi connectivity index (χ1) is 18.8. The van der Waals surface area contributed by atoms with E-state index in [-0.39, 0.29) is 22.6 Å². The Hall–Kier alpha value is -3.84. The van der Waals surface area contributed by atoms with Crippen molar-refractivity contribution < 1.29 is 22.3 Å². The molecular weight excluding hydrogens is 528 g/mol. The smallest absolute Gasteiger partial charge is 0.418 e. The van der Waals surface area contributed by atoms with Crippen LogP contribution in [0.2, 0.25) is 5.02 Å². The van der Waals surface area contributed by atoms with Crippen LogP contribution >= 0.6 is 11.6 Å². The lowest BCUT2D eigenvalue weighted by atomic mass is 9.91. The van der Waals surface area contributed by atoms with Crippen LogP contribution < -0.4 is 4.74 Å². The first-order valence-corrected chi connectivity index (χ1v) is 13.1. The molecule has 0 saturated carbocycles. The maximum atomic E-state index is 14.7. The predicted molar refractivity (Wildman–Crippen MR) is 144 cm³/mol. The van der Waals surface area contributed by atoms with Crippen LogP contribution in [0, 0.1) is 5.82 Å². The number of halogens is 5. The topological polar surface area (TPSA) is 27.1 Å². The van der Waals surface area contributed by atoms with Crippen molar-refractivity contribution >= 4 is 22.5 Å². The molecule has 0 N–H and O–H groups in total. The van der Waals surface area contributed by atoms with Gasteiger partial charge in [0.2, 0.25) is 0 Å². The molecule has 0 atom stereocenters. The Morgan fingerprint density at radius 2 is 1.67 bits per heavy atom. The van der Waals surface area contributed by atoms with Gasteiger partial charge in [0, 0.05) is 21.5 Å². The van der Waals surface area contributed by atoms with Crippen molar-refractivity contribution in [2.24, 2.45) is 0 Å². The molecule has 8 heteroatoms. The number of nitrogens with zero attached hydrogens (tertiary/aromatic N) is 2. The molecule has 0 fully saturated rings. The Labute approximate surface area is 227 Å². The van der Waals surface area contributed by atoms with Crippen LogP contribution in [0.25, 0.3) is 22.2 Å². The highest BCUT2D eigenvalue weighted by atomic mass is 35.5. The third-order valence-electron chi connectivity index (χ3n) is 7.12. The van der Waals surface area contributed by atoms with E-state index in [4.69, 9.17) is 16.3 Å². The third-order valence-corrected chi connectivity index (χ3v) is 7.35. The summed E-state index contributed by atoms with van der Waals surface area (Å²) in [5.74, 6) is 0.885. The lowest BCUT2D eigenvalue weighted by Gasteiger charge is -2.19. The minimum absolute atomic E-state index is 0.0707. The van der Waals surface area contributed by atoms with E-state index in [1.54, 1.807) is 36.4 Å². The Kier molecular flexibility index (Phi) is 6.55. The second-order valence-corrected chi connectivity index (χ2v) is 10.1. The van der Waals surface area contributed by atoms with Crippen molar-refractivity contribution in [3.8, 4) is 22.8 Å². The Morgan fingerprint density at radius 1 is 0.897 bits per heavy atom. The predicted octanol–water partition coefficient (Wildman–Crippen LogP) is 9.23. The summed E-state index contributed by atoms with van der Waals surface area (Å²) in [5.41, 5.74) is 2.84. The van der Waals surface area contributed by atoms with Crippen molar-refractivity contribution in [2.45, 2.75) is 38.4 Å². The number of benzene rings is 4. The molecule has 0 saturated heterocycles. The first kappa shape index (κ1) is 25.4. The van der Waals surface area contributed by atoms with Gasteiger partial charge >= 0.3 is 6.18 Å². The average molecular weight is 551 g/mol. The molecule has 6 rings (SSSR count). The molecule has 1 aromatic heterocycles. The Balaban J connectivity index is 1.41. The van der Waals surface area contributed by atoms with Gasteiger partial charge in [-0.1, -0.05) is 41.9 Å². The van der Waals surface area contributed by atoms with Crippen LogP contribution in [0.15, 0.2) is 78.9 Å². The van der Waals surface area contributed by atoms with E-state index < -0.39 is 17.6 Å². The largest absolute Gasteiger partial charge is 0.457 e. The lowest BCUT2D eigenvalue weighted by molar-refractivity contribution is -0.136. The molecule has 0 aliphatic heterocycles. The van der Waals surface area contributed by atoms with E-state index in [1.165, 1.54) is 40.4 Å². The summed E-state index contributed by atoms with van der Waals surface area (Å²) in [6.45, 7) is -0.0707. The molecule has 1 aliphatic carbocycles. The minimum atomic E-state index is -4.59. The van der Waals surface area contributed by atoms with Gasteiger partial charge in [0.05, 0.1) is 17.8 Å². The zero-order chi connectivity index (χ0) is 27.1. The standard InChI is InChI=1S/C31H23ClF4N2O/c32-22-14-11-21(27(33)17-22)18-38-30(25-8-4-9-26(29(25)37-38)31(34,35)36)20-12-15-23(16-13-20)39-28-10-3-6-19-5-1-2-7-24(19)28/h3-4,6,8-17H,1-2,5,7,18H2. The van der Waals surface area contributed by atoms with Crippen LogP contribution in [0.1, 0.15) is 35.1 Å². The van der Waals surface area contributed by atoms with Crippen molar-refractivity contribution in [1.29, 1.82) is 0 Å². The Bertz CT molecular complexity index is 1680. The van der Waals surface area contributed by atoms with Crippen molar-refractivity contribution in [3.05, 3.63) is 112 Å². The Morgan fingerprint density at radius 3 is 2.44 bits per heavy atom. The molecule has 39 heavy (non-hydrogen) atoms. The van der Waals surface area contributed by atoms with Gasteiger partial charge in [0.1, 0.15) is 22.8 Å². The minimum Gasteiger partial charge on any atom is -0.457 e. The fourth-order valence-electron chi connectivity index (χ4n) is 5.26. The van der Waals surface area contributed by atoms with Gasteiger partial charge in [-0.25, -0.2) is 4.39 Å². The quantitative estimate of drug-likeness (QED) is 0.204. The van der Waals surface area contributed by atoms with Gasteiger partial charge in [-0.05, 0) is 85.3 Å². The number of fused-ring (bicyclic) bond motifs is 2. The number of hydrogen-bond donors (Lipinski definition) is 0. The first-order valence-electron chi connectivity index (χ1n) is 12.7. The van der Waals surface area contributed by atoms with Gasteiger partial charge in [-0.15, -0.1) is 0 Å².